The number of hydrogen-bond acceptors (Lipinski definition) is 2. The summed E-state index contributed by atoms with van der Waals surface area (Å²) in [5.41, 5.74) is 2.57. The molecule has 1 heterocycles. The predicted molar refractivity (Wildman–Crippen MR) is 118 cm³/mol. The maximum atomic E-state index is 12.4. The molecule has 0 aliphatic carbocycles. The Kier molecular flexibility index (Phi) is 11.3. The Morgan fingerprint density at radius 1 is 0.786 bits per heavy atom. The van der Waals surface area contributed by atoms with Crippen LogP contribution in [0.5, 0.6) is 0 Å². The maximum Gasteiger partial charge on any atom is 0.309 e. The van der Waals surface area contributed by atoms with Gasteiger partial charge in [0.15, 0.2) is 0 Å². The van der Waals surface area contributed by atoms with Crippen molar-refractivity contribution >= 4 is 5.97 Å². The molecule has 0 N–H and O–H groups in total. The SMILES string of the molecule is CCCCCCCCC1CCC(c2ccc(CCCCCCC)cc2)OC1=O. The molecule has 2 rings (SSSR count). The van der Waals surface area contributed by atoms with E-state index in [1.54, 1.807) is 0 Å². The number of carbonyl (C=O) groups excluding carboxylic acids is 1. The van der Waals surface area contributed by atoms with Crippen LogP contribution in [0.1, 0.15) is 121 Å². The smallest absolute Gasteiger partial charge is 0.309 e. The van der Waals surface area contributed by atoms with Gasteiger partial charge < -0.3 is 4.74 Å². The Morgan fingerprint density at radius 3 is 2.04 bits per heavy atom. The minimum atomic E-state index is -0.0353. The minimum Gasteiger partial charge on any atom is -0.457 e. The fourth-order valence-electron chi connectivity index (χ4n) is 4.27. The number of aryl methyl sites for hydroxylation is 1. The summed E-state index contributed by atoms with van der Waals surface area (Å²) in [7, 11) is 0. The van der Waals surface area contributed by atoms with E-state index in [1.807, 2.05) is 0 Å². The monoisotopic (exact) mass is 386 g/mol. The van der Waals surface area contributed by atoms with Gasteiger partial charge in [-0.25, -0.2) is 0 Å². The number of benzene rings is 1. The predicted octanol–water partition coefficient (Wildman–Crippen LogP) is 7.94. The molecule has 158 valence electrons. The Morgan fingerprint density at radius 2 is 1.39 bits per heavy atom. The zero-order chi connectivity index (χ0) is 20.0. The Hall–Kier alpha value is -1.31. The minimum absolute atomic E-state index is 0.0322. The molecule has 0 saturated carbocycles. The van der Waals surface area contributed by atoms with E-state index >= 15 is 0 Å². The molecule has 0 spiro atoms. The molecular formula is C26H42O2. The van der Waals surface area contributed by atoms with Crippen LogP contribution in [0.25, 0.3) is 0 Å². The summed E-state index contributed by atoms with van der Waals surface area (Å²) in [5, 5.41) is 0. The van der Waals surface area contributed by atoms with Crippen molar-refractivity contribution in [3.8, 4) is 0 Å². The lowest BCUT2D eigenvalue weighted by molar-refractivity contribution is -0.161. The third-order valence-electron chi connectivity index (χ3n) is 6.20. The fraction of sp³-hybridized carbons (Fsp3) is 0.731. The summed E-state index contributed by atoms with van der Waals surface area (Å²) < 4.78 is 5.81. The van der Waals surface area contributed by atoms with Gasteiger partial charge in [0.05, 0.1) is 5.92 Å². The third-order valence-corrected chi connectivity index (χ3v) is 6.20. The highest BCUT2D eigenvalue weighted by Gasteiger charge is 2.30. The van der Waals surface area contributed by atoms with E-state index in [9.17, 15) is 4.79 Å². The molecule has 1 aromatic carbocycles. The van der Waals surface area contributed by atoms with Gasteiger partial charge in [-0.2, -0.15) is 0 Å². The van der Waals surface area contributed by atoms with Gasteiger partial charge >= 0.3 is 5.97 Å². The summed E-state index contributed by atoms with van der Waals surface area (Å²) in [6, 6.07) is 8.80. The maximum absolute atomic E-state index is 12.4. The van der Waals surface area contributed by atoms with Crippen LogP contribution < -0.4 is 0 Å². The Labute approximate surface area is 173 Å². The van der Waals surface area contributed by atoms with E-state index in [0.717, 1.165) is 25.7 Å². The normalized spacial score (nSPS) is 19.6. The highest BCUT2D eigenvalue weighted by molar-refractivity contribution is 5.73. The molecule has 0 bridgehead atoms. The van der Waals surface area contributed by atoms with Gasteiger partial charge in [-0.3, -0.25) is 4.79 Å². The van der Waals surface area contributed by atoms with Crippen molar-refractivity contribution in [3.63, 3.8) is 0 Å². The number of carbonyl (C=O) groups is 1. The molecule has 2 atom stereocenters. The lowest BCUT2D eigenvalue weighted by Crippen LogP contribution is -2.26. The lowest BCUT2D eigenvalue weighted by Gasteiger charge is -2.28. The molecule has 28 heavy (non-hydrogen) atoms. The van der Waals surface area contributed by atoms with E-state index < -0.39 is 0 Å². The third kappa shape index (κ3) is 8.37. The van der Waals surface area contributed by atoms with E-state index in [2.05, 4.69) is 38.1 Å². The standard InChI is InChI=1S/C26H42O2/c1-3-5-7-9-11-13-15-24-20-21-25(28-26(24)27)23-18-16-22(17-19-23)14-12-10-8-6-4-2/h16-19,24-25H,3-15,20-21H2,1-2H3. The molecule has 2 nitrogen and oxygen atoms in total. The number of rotatable bonds is 14. The van der Waals surface area contributed by atoms with E-state index in [1.165, 1.54) is 81.8 Å². The molecular weight excluding hydrogens is 344 g/mol. The van der Waals surface area contributed by atoms with Crippen LogP contribution in [-0.2, 0) is 16.0 Å². The van der Waals surface area contributed by atoms with Crippen molar-refractivity contribution in [3.05, 3.63) is 35.4 Å². The van der Waals surface area contributed by atoms with Crippen molar-refractivity contribution in [1.82, 2.24) is 0 Å². The van der Waals surface area contributed by atoms with Crippen LogP contribution in [0.3, 0.4) is 0 Å². The van der Waals surface area contributed by atoms with E-state index in [-0.39, 0.29) is 18.0 Å². The first kappa shape index (κ1) is 23.0. The highest BCUT2D eigenvalue weighted by Crippen LogP contribution is 2.33. The first-order valence-electron chi connectivity index (χ1n) is 12.0. The first-order chi connectivity index (χ1) is 13.7. The molecule has 2 unspecified atom stereocenters. The first-order valence-corrected chi connectivity index (χ1v) is 12.0. The van der Waals surface area contributed by atoms with E-state index in [4.69, 9.17) is 4.74 Å². The van der Waals surface area contributed by atoms with Crippen molar-refractivity contribution in [2.75, 3.05) is 0 Å². The fourth-order valence-corrected chi connectivity index (χ4v) is 4.27. The van der Waals surface area contributed by atoms with Crippen LogP contribution >= 0.6 is 0 Å². The van der Waals surface area contributed by atoms with Gasteiger partial charge in [0.1, 0.15) is 6.10 Å². The van der Waals surface area contributed by atoms with Gasteiger partial charge in [0.25, 0.3) is 0 Å². The molecule has 1 aromatic rings. The Bertz CT molecular complexity index is 534. The van der Waals surface area contributed by atoms with Crippen LogP contribution in [-0.4, -0.2) is 5.97 Å². The molecule has 1 aliphatic rings. The molecule has 2 heteroatoms. The van der Waals surface area contributed by atoms with Crippen molar-refractivity contribution < 1.29 is 9.53 Å². The molecule has 1 aliphatic heterocycles. The second-order valence-corrected chi connectivity index (χ2v) is 8.66. The van der Waals surface area contributed by atoms with Crippen LogP contribution in [0.15, 0.2) is 24.3 Å². The van der Waals surface area contributed by atoms with Crippen molar-refractivity contribution in [2.24, 2.45) is 5.92 Å². The van der Waals surface area contributed by atoms with Gasteiger partial charge in [-0.05, 0) is 43.2 Å². The Balaban J connectivity index is 1.67. The molecule has 1 fully saturated rings. The summed E-state index contributed by atoms with van der Waals surface area (Å²) in [5.74, 6) is 0.162. The molecule has 0 radical (unpaired) electrons. The van der Waals surface area contributed by atoms with Crippen LogP contribution in [0.4, 0.5) is 0 Å². The van der Waals surface area contributed by atoms with Crippen molar-refractivity contribution in [2.45, 2.75) is 116 Å². The number of esters is 1. The van der Waals surface area contributed by atoms with Gasteiger partial charge in [-0.15, -0.1) is 0 Å². The summed E-state index contributed by atoms with van der Waals surface area (Å²) in [6.07, 6.45) is 18.4. The topological polar surface area (TPSA) is 26.3 Å². The second kappa shape index (κ2) is 13.8. The van der Waals surface area contributed by atoms with Gasteiger partial charge in [0.2, 0.25) is 0 Å². The quantitative estimate of drug-likeness (QED) is 0.239. The summed E-state index contributed by atoms with van der Waals surface area (Å²) in [6.45, 7) is 4.50. The van der Waals surface area contributed by atoms with Crippen LogP contribution in [0.2, 0.25) is 0 Å². The summed E-state index contributed by atoms with van der Waals surface area (Å²) >= 11 is 0. The molecule has 0 aromatic heterocycles. The lowest BCUT2D eigenvalue weighted by atomic mass is 9.90. The largest absolute Gasteiger partial charge is 0.457 e. The number of ether oxygens (including phenoxy) is 1. The number of cyclic esters (lactones) is 1. The zero-order valence-corrected chi connectivity index (χ0v) is 18.4. The molecule has 1 saturated heterocycles. The van der Waals surface area contributed by atoms with Crippen molar-refractivity contribution in [1.29, 1.82) is 0 Å². The average Bonchev–Trinajstić information content (AvgIpc) is 2.72. The highest BCUT2D eigenvalue weighted by atomic mass is 16.5. The number of unbranched alkanes of at least 4 members (excludes halogenated alkanes) is 9. The second-order valence-electron chi connectivity index (χ2n) is 8.66. The zero-order valence-electron chi connectivity index (χ0n) is 18.4. The summed E-state index contributed by atoms with van der Waals surface area (Å²) in [4.78, 5) is 12.4. The van der Waals surface area contributed by atoms with E-state index in [0.29, 0.717) is 0 Å². The van der Waals surface area contributed by atoms with Gasteiger partial charge in [-0.1, -0.05) is 102 Å². The average molecular weight is 387 g/mol. The molecule has 0 amide bonds. The number of hydrogen-bond donors (Lipinski definition) is 0. The van der Waals surface area contributed by atoms with Gasteiger partial charge in [0, 0.05) is 0 Å². The van der Waals surface area contributed by atoms with Crippen LogP contribution in [0, 0.1) is 5.92 Å².